The van der Waals surface area contributed by atoms with E-state index in [0.717, 1.165) is 56.0 Å². The zero-order chi connectivity index (χ0) is 17.5. The van der Waals surface area contributed by atoms with Crippen molar-refractivity contribution in [2.45, 2.75) is 13.5 Å². The number of likely N-dealkylation sites (tertiary alicyclic amines) is 1. The number of fused-ring (bicyclic) bond motifs is 1. The zero-order valence-corrected chi connectivity index (χ0v) is 14.7. The van der Waals surface area contributed by atoms with Crippen LogP contribution in [0.25, 0.3) is 5.82 Å². The second-order valence-corrected chi connectivity index (χ2v) is 7.17. The van der Waals surface area contributed by atoms with Gasteiger partial charge in [0.05, 0.1) is 12.7 Å². The number of hydrogen-bond acceptors (Lipinski definition) is 7. The molecule has 2 fully saturated rings. The quantitative estimate of drug-likeness (QED) is 0.705. The number of rotatable bonds is 4. The average Bonchev–Trinajstić information content (AvgIpc) is 3.39. The Morgan fingerprint density at radius 3 is 2.58 bits per heavy atom. The summed E-state index contributed by atoms with van der Waals surface area (Å²) >= 11 is 0. The Labute approximate surface area is 151 Å². The second-order valence-electron chi connectivity index (χ2n) is 7.17. The Morgan fingerprint density at radius 1 is 1.08 bits per heavy atom. The number of aromatic nitrogens is 5. The van der Waals surface area contributed by atoms with Gasteiger partial charge in [-0.05, 0) is 24.8 Å². The summed E-state index contributed by atoms with van der Waals surface area (Å²) in [5.41, 5.74) is 0. The zero-order valence-electron chi connectivity index (χ0n) is 14.7. The highest BCUT2D eigenvalue weighted by molar-refractivity contribution is 5.44. The van der Waals surface area contributed by atoms with Crippen molar-refractivity contribution in [1.82, 2.24) is 29.6 Å². The Kier molecular flexibility index (Phi) is 3.70. The molecule has 0 spiro atoms. The summed E-state index contributed by atoms with van der Waals surface area (Å²) in [5, 5.41) is 4.25. The van der Waals surface area contributed by atoms with Crippen molar-refractivity contribution >= 4 is 5.82 Å². The van der Waals surface area contributed by atoms with Gasteiger partial charge < -0.3 is 9.32 Å². The van der Waals surface area contributed by atoms with Crippen LogP contribution in [0.15, 0.2) is 41.5 Å². The van der Waals surface area contributed by atoms with Crippen LogP contribution in [0.1, 0.15) is 11.7 Å². The fourth-order valence-electron chi connectivity index (χ4n) is 4.11. The summed E-state index contributed by atoms with van der Waals surface area (Å²) in [6, 6.07) is 3.91. The van der Waals surface area contributed by atoms with Crippen LogP contribution in [0, 0.1) is 18.8 Å². The smallest absolute Gasteiger partial charge is 0.208 e. The van der Waals surface area contributed by atoms with Gasteiger partial charge in [-0.15, -0.1) is 0 Å². The number of aryl methyl sites for hydroxylation is 1. The third-order valence-corrected chi connectivity index (χ3v) is 5.29. The van der Waals surface area contributed by atoms with Crippen molar-refractivity contribution < 1.29 is 4.42 Å². The standard InChI is InChI=1S/C18H21N7O/c1-13-6-19-18(26-13)11-23-7-14-9-24(10-15(14)8-23)16-5-17(21-12-20-16)25-4-2-3-22-25/h2-6,12,14-15H,7-11H2,1H3. The van der Waals surface area contributed by atoms with Gasteiger partial charge in [0.15, 0.2) is 5.82 Å². The van der Waals surface area contributed by atoms with Crippen molar-refractivity contribution in [2.24, 2.45) is 11.8 Å². The SMILES string of the molecule is Cc1cnc(CN2CC3CN(c4cc(-n5cccn5)ncn4)CC3C2)o1. The van der Waals surface area contributed by atoms with Crippen molar-refractivity contribution in [1.29, 1.82) is 0 Å². The maximum absolute atomic E-state index is 5.62. The fourth-order valence-corrected chi connectivity index (χ4v) is 4.11. The van der Waals surface area contributed by atoms with Crippen molar-refractivity contribution in [3.8, 4) is 5.82 Å². The minimum atomic E-state index is 0.661. The van der Waals surface area contributed by atoms with Crippen LogP contribution in [0.3, 0.4) is 0 Å². The number of nitrogens with zero attached hydrogens (tertiary/aromatic N) is 7. The van der Waals surface area contributed by atoms with E-state index in [4.69, 9.17) is 4.42 Å². The van der Waals surface area contributed by atoms with Crippen LogP contribution in [-0.4, -0.2) is 55.8 Å². The monoisotopic (exact) mass is 351 g/mol. The van der Waals surface area contributed by atoms with Crippen LogP contribution in [-0.2, 0) is 6.54 Å². The molecule has 5 heterocycles. The second kappa shape index (κ2) is 6.21. The van der Waals surface area contributed by atoms with Gasteiger partial charge in [-0.25, -0.2) is 19.6 Å². The Bertz CT molecular complexity index is 877. The molecule has 2 saturated heterocycles. The van der Waals surface area contributed by atoms with Crippen molar-refractivity contribution in [3.05, 3.63) is 48.7 Å². The van der Waals surface area contributed by atoms with E-state index in [1.165, 1.54) is 0 Å². The summed E-state index contributed by atoms with van der Waals surface area (Å²) in [7, 11) is 0. The molecule has 0 bridgehead atoms. The van der Waals surface area contributed by atoms with E-state index in [1.54, 1.807) is 23.4 Å². The molecule has 134 valence electrons. The van der Waals surface area contributed by atoms with Gasteiger partial charge in [-0.3, -0.25) is 4.90 Å². The van der Waals surface area contributed by atoms with E-state index in [2.05, 4.69) is 29.9 Å². The third kappa shape index (κ3) is 2.86. The van der Waals surface area contributed by atoms with Crippen molar-refractivity contribution in [2.75, 3.05) is 31.1 Å². The first-order valence-corrected chi connectivity index (χ1v) is 8.95. The van der Waals surface area contributed by atoms with E-state index >= 15 is 0 Å². The summed E-state index contributed by atoms with van der Waals surface area (Å²) in [4.78, 5) is 18.0. The molecule has 0 aliphatic carbocycles. The van der Waals surface area contributed by atoms with Gasteiger partial charge in [0.2, 0.25) is 5.89 Å². The highest BCUT2D eigenvalue weighted by atomic mass is 16.4. The molecule has 3 aromatic rings. The average molecular weight is 351 g/mol. The summed E-state index contributed by atoms with van der Waals surface area (Å²) < 4.78 is 7.38. The molecular weight excluding hydrogens is 330 g/mol. The molecule has 5 rings (SSSR count). The molecule has 0 radical (unpaired) electrons. The lowest BCUT2D eigenvalue weighted by molar-refractivity contribution is 0.271. The minimum absolute atomic E-state index is 0.661. The number of oxazole rings is 1. The molecule has 0 N–H and O–H groups in total. The molecule has 2 aliphatic heterocycles. The van der Waals surface area contributed by atoms with Crippen LogP contribution < -0.4 is 4.90 Å². The van der Waals surface area contributed by atoms with Gasteiger partial charge in [0.25, 0.3) is 0 Å². The molecule has 3 aromatic heterocycles. The molecule has 2 atom stereocenters. The molecule has 26 heavy (non-hydrogen) atoms. The maximum atomic E-state index is 5.62. The van der Waals surface area contributed by atoms with Crippen LogP contribution in [0.2, 0.25) is 0 Å². The predicted octanol–water partition coefficient (Wildman–Crippen LogP) is 1.53. The first kappa shape index (κ1) is 15.5. The van der Waals surface area contributed by atoms with E-state index in [1.807, 2.05) is 25.3 Å². The molecule has 2 aliphatic rings. The maximum Gasteiger partial charge on any atom is 0.208 e. The van der Waals surface area contributed by atoms with Gasteiger partial charge in [-0.2, -0.15) is 5.10 Å². The largest absolute Gasteiger partial charge is 0.445 e. The number of anilines is 1. The molecule has 8 nitrogen and oxygen atoms in total. The Balaban J connectivity index is 1.25. The Morgan fingerprint density at radius 2 is 1.88 bits per heavy atom. The molecule has 0 saturated carbocycles. The number of hydrogen-bond donors (Lipinski definition) is 0. The van der Waals surface area contributed by atoms with Gasteiger partial charge in [-0.1, -0.05) is 0 Å². The van der Waals surface area contributed by atoms with Crippen LogP contribution >= 0.6 is 0 Å². The highest BCUT2D eigenvalue weighted by Gasteiger charge is 2.40. The lowest BCUT2D eigenvalue weighted by atomic mass is 10.0. The van der Waals surface area contributed by atoms with E-state index < -0.39 is 0 Å². The van der Waals surface area contributed by atoms with E-state index in [9.17, 15) is 0 Å². The lowest BCUT2D eigenvalue weighted by Gasteiger charge is -2.21. The van der Waals surface area contributed by atoms with Crippen LogP contribution in [0.4, 0.5) is 5.82 Å². The Hall–Kier alpha value is -2.74. The fraction of sp³-hybridized carbons (Fsp3) is 0.444. The molecule has 2 unspecified atom stereocenters. The molecule has 8 heteroatoms. The summed E-state index contributed by atoms with van der Waals surface area (Å²) in [5.74, 6) is 4.80. The molecule has 0 amide bonds. The van der Waals surface area contributed by atoms with Gasteiger partial charge >= 0.3 is 0 Å². The van der Waals surface area contributed by atoms with E-state index in [-0.39, 0.29) is 0 Å². The topological polar surface area (TPSA) is 76.1 Å². The van der Waals surface area contributed by atoms with Gasteiger partial charge in [0, 0.05) is 44.6 Å². The first-order chi connectivity index (χ1) is 12.7. The minimum Gasteiger partial charge on any atom is -0.445 e. The highest BCUT2D eigenvalue weighted by Crippen LogP contribution is 2.34. The van der Waals surface area contributed by atoms with Gasteiger partial charge in [0.1, 0.15) is 17.9 Å². The lowest BCUT2D eigenvalue weighted by Crippen LogP contribution is -2.29. The molecular formula is C18H21N7O. The third-order valence-electron chi connectivity index (χ3n) is 5.29. The summed E-state index contributed by atoms with van der Waals surface area (Å²) in [6.45, 7) is 6.96. The summed E-state index contributed by atoms with van der Waals surface area (Å²) in [6.07, 6.45) is 7.07. The van der Waals surface area contributed by atoms with Crippen LogP contribution in [0.5, 0.6) is 0 Å². The first-order valence-electron chi connectivity index (χ1n) is 8.95. The van der Waals surface area contributed by atoms with Crippen molar-refractivity contribution in [3.63, 3.8) is 0 Å². The normalized spacial score (nSPS) is 22.9. The predicted molar refractivity (Wildman–Crippen MR) is 94.9 cm³/mol. The van der Waals surface area contributed by atoms with E-state index in [0.29, 0.717) is 11.8 Å². The molecule has 0 aromatic carbocycles.